The Morgan fingerprint density at radius 2 is 2.18 bits per heavy atom. The van der Waals surface area contributed by atoms with Crippen molar-refractivity contribution in [1.29, 1.82) is 0 Å². The lowest BCUT2D eigenvalue weighted by atomic mass is 10.1. The molecule has 17 heavy (non-hydrogen) atoms. The van der Waals surface area contributed by atoms with Gasteiger partial charge in [0.1, 0.15) is 12.1 Å². The fourth-order valence-electron chi connectivity index (χ4n) is 1.59. The molecule has 2 aromatic heterocycles. The zero-order valence-electron chi connectivity index (χ0n) is 10.3. The molecule has 0 aliphatic heterocycles. The summed E-state index contributed by atoms with van der Waals surface area (Å²) in [6, 6.07) is 0.137. The largest absolute Gasteiger partial charge is 0.396 e. The number of aryl methyl sites for hydroxylation is 1. The first-order valence-electron chi connectivity index (χ1n) is 5.63. The predicted octanol–water partition coefficient (Wildman–Crippen LogP) is 0.792. The molecule has 0 amide bonds. The molecule has 0 radical (unpaired) electrons. The summed E-state index contributed by atoms with van der Waals surface area (Å²) in [4.78, 5) is 8.39. The van der Waals surface area contributed by atoms with Crippen molar-refractivity contribution in [3.63, 3.8) is 0 Å². The second-order valence-corrected chi connectivity index (χ2v) is 4.32. The highest BCUT2D eigenvalue weighted by Crippen LogP contribution is 2.19. The van der Waals surface area contributed by atoms with Gasteiger partial charge in [-0.05, 0) is 12.8 Å². The second kappa shape index (κ2) is 4.67. The molecule has 2 heterocycles. The average molecular weight is 235 g/mol. The molecule has 0 spiro atoms. The highest BCUT2D eigenvalue weighted by Gasteiger charge is 2.14. The van der Waals surface area contributed by atoms with Crippen LogP contribution in [-0.4, -0.2) is 37.5 Å². The first kappa shape index (κ1) is 11.8. The number of rotatable bonds is 4. The van der Waals surface area contributed by atoms with Gasteiger partial charge in [0.25, 0.3) is 0 Å². The van der Waals surface area contributed by atoms with Crippen LogP contribution in [0.25, 0.3) is 11.0 Å². The van der Waals surface area contributed by atoms with Crippen molar-refractivity contribution in [1.82, 2.24) is 19.7 Å². The van der Waals surface area contributed by atoms with Crippen molar-refractivity contribution in [3.05, 3.63) is 12.5 Å². The summed E-state index contributed by atoms with van der Waals surface area (Å²) in [5, 5.41) is 17.4. The number of aromatic nitrogens is 4. The van der Waals surface area contributed by atoms with E-state index in [9.17, 15) is 0 Å². The molecular formula is C11H17N5O. The van der Waals surface area contributed by atoms with Crippen molar-refractivity contribution in [2.24, 2.45) is 13.0 Å². The zero-order valence-corrected chi connectivity index (χ0v) is 10.3. The Labute approximate surface area is 99.7 Å². The predicted molar refractivity (Wildman–Crippen MR) is 65.6 cm³/mol. The summed E-state index contributed by atoms with van der Waals surface area (Å²) in [7, 11) is 1.85. The van der Waals surface area contributed by atoms with E-state index in [0.717, 1.165) is 16.9 Å². The van der Waals surface area contributed by atoms with Gasteiger partial charge in [-0.15, -0.1) is 0 Å². The molecule has 0 saturated heterocycles. The van der Waals surface area contributed by atoms with Gasteiger partial charge in [-0.2, -0.15) is 5.10 Å². The molecule has 0 bridgehead atoms. The highest BCUT2D eigenvalue weighted by molar-refractivity contribution is 5.86. The molecular weight excluding hydrogens is 218 g/mol. The number of anilines is 1. The fourth-order valence-corrected chi connectivity index (χ4v) is 1.59. The van der Waals surface area contributed by atoms with Crippen LogP contribution in [-0.2, 0) is 7.05 Å². The minimum atomic E-state index is 0.137. The van der Waals surface area contributed by atoms with Gasteiger partial charge in [-0.25, -0.2) is 9.97 Å². The Morgan fingerprint density at radius 3 is 2.88 bits per heavy atom. The van der Waals surface area contributed by atoms with Crippen LogP contribution in [0.15, 0.2) is 12.5 Å². The highest BCUT2D eigenvalue weighted by atomic mass is 16.3. The molecule has 2 atom stereocenters. The summed E-state index contributed by atoms with van der Waals surface area (Å²) in [5.74, 6) is 0.924. The number of nitrogens with one attached hydrogen (secondary N) is 1. The van der Waals surface area contributed by atoms with E-state index in [-0.39, 0.29) is 18.6 Å². The lowest BCUT2D eigenvalue weighted by molar-refractivity contribution is 0.226. The van der Waals surface area contributed by atoms with Crippen LogP contribution in [0, 0.1) is 5.92 Å². The Kier molecular flexibility index (Phi) is 3.23. The Hall–Kier alpha value is -1.69. The fraction of sp³-hybridized carbons (Fsp3) is 0.545. The third-order valence-electron chi connectivity index (χ3n) is 3.04. The summed E-state index contributed by atoms with van der Waals surface area (Å²) in [6.07, 6.45) is 3.26. The molecule has 2 unspecified atom stereocenters. The van der Waals surface area contributed by atoms with E-state index in [1.54, 1.807) is 10.9 Å². The van der Waals surface area contributed by atoms with Gasteiger partial charge in [0.2, 0.25) is 0 Å². The van der Waals surface area contributed by atoms with E-state index in [1.807, 2.05) is 20.9 Å². The summed E-state index contributed by atoms with van der Waals surface area (Å²) < 4.78 is 1.71. The molecule has 6 heteroatoms. The molecule has 0 saturated carbocycles. The molecule has 92 valence electrons. The first-order chi connectivity index (χ1) is 8.13. The average Bonchev–Trinajstić information content (AvgIpc) is 2.71. The lowest BCUT2D eigenvalue weighted by Gasteiger charge is -2.19. The normalized spacial score (nSPS) is 14.8. The number of hydrogen-bond acceptors (Lipinski definition) is 5. The van der Waals surface area contributed by atoms with Crippen LogP contribution in [0.4, 0.5) is 5.82 Å². The van der Waals surface area contributed by atoms with Crippen LogP contribution in [0.1, 0.15) is 13.8 Å². The van der Waals surface area contributed by atoms with Crippen LogP contribution in [0.3, 0.4) is 0 Å². The smallest absolute Gasteiger partial charge is 0.163 e. The second-order valence-electron chi connectivity index (χ2n) is 4.32. The van der Waals surface area contributed by atoms with Crippen molar-refractivity contribution in [3.8, 4) is 0 Å². The molecule has 2 N–H and O–H groups in total. The minimum absolute atomic E-state index is 0.137. The van der Waals surface area contributed by atoms with Crippen molar-refractivity contribution in [2.75, 3.05) is 11.9 Å². The zero-order chi connectivity index (χ0) is 12.4. The minimum Gasteiger partial charge on any atom is -0.396 e. The molecule has 0 aliphatic rings. The van der Waals surface area contributed by atoms with Gasteiger partial charge in [0, 0.05) is 19.7 Å². The maximum atomic E-state index is 9.11. The number of hydrogen-bond donors (Lipinski definition) is 2. The third kappa shape index (κ3) is 2.21. The van der Waals surface area contributed by atoms with Gasteiger partial charge in [-0.1, -0.05) is 6.92 Å². The van der Waals surface area contributed by atoms with Gasteiger partial charge in [-0.3, -0.25) is 4.68 Å². The van der Waals surface area contributed by atoms with Crippen LogP contribution in [0.2, 0.25) is 0 Å². The lowest BCUT2D eigenvalue weighted by Crippen LogP contribution is -2.26. The van der Waals surface area contributed by atoms with Crippen molar-refractivity contribution >= 4 is 16.9 Å². The van der Waals surface area contributed by atoms with E-state index in [2.05, 4.69) is 20.4 Å². The molecule has 6 nitrogen and oxygen atoms in total. The SMILES string of the molecule is CC(CO)C(C)Nc1ncnc2c1cnn2C. The van der Waals surface area contributed by atoms with Gasteiger partial charge >= 0.3 is 0 Å². The third-order valence-corrected chi connectivity index (χ3v) is 3.04. The maximum Gasteiger partial charge on any atom is 0.163 e. The van der Waals surface area contributed by atoms with Crippen LogP contribution >= 0.6 is 0 Å². The van der Waals surface area contributed by atoms with Crippen molar-refractivity contribution < 1.29 is 5.11 Å². The summed E-state index contributed by atoms with van der Waals surface area (Å²) >= 11 is 0. The molecule has 0 aliphatic carbocycles. The van der Waals surface area contributed by atoms with E-state index >= 15 is 0 Å². The monoisotopic (exact) mass is 235 g/mol. The standard InChI is InChI=1S/C11H17N5O/c1-7(5-17)8(2)15-10-9-4-14-16(3)11(9)13-6-12-10/h4,6-8,17H,5H2,1-3H3,(H,12,13,15). The molecule has 0 aromatic carbocycles. The van der Waals surface area contributed by atoms with E-state index in [0.29, 0.717) is 0 Å². The molecule has 2 rings (SSSR count). The summed E-state index contributed by atoms with van der Waals surface area (Å²) in [6.45, 7) is 4.15. The quantitative estimate of drug-likeness (QED) is 0.819. The molecule has 2 aromatic rings. The number of nitrogens with zero attached hydrogens (tertiary/aromatic N) is 4. The van der Waals surface area contributed by atoms with E-state index in [1.165, 1.54) is 6.33 Å². The topological polar surface area (TPSA) is 75.9 Å². The maximum absolute atomic E-state index is 9.11. The van der Waals surface area contributed by atoms with Gasteiger partial charge in [0.05, 0.1) is 11.6 Å². The van der Waals surface area contributed by atoms with Gasteiger partial charge < -0.3 is 10.4 Å². The first-order valence-corrected chi connectivity index (χ1v) is 5.63. The number of aliphatic hydroxyl groups is 1. The molecule has 0 fully saturated rings. The van der Waals surface area contributed by atoms with Crippen LogP contribution in [0.5, 0.6) is 0 Å². The van der Waals surface area contributed by atoms with E-state index < -0.39 is 0 Å². The van der Waals surface area contributed by atoms with Crippen LogP contribution < -0.4 is 5.32 Å². The summed E-state index contributed by atoms with van der Waals surface area (Å²) in [5.41, 5.74) is 0.798. The Balaban J connectivity index is 2.30. The Bertz CT molecular complexity index is 510. The Morgan fingerprint density at radius 1 is 1.41 bits per heavy atom. The van der Waals surface area contributed by atoms with Crippen molar-refractivity contribution in [2.45, 2.75) is 19.9 Å². The number of aliphatic hydroxyl groups excluding tert-OH is 1. The number of fused-ring (bicyclic) bond motifs is 1. The van der Waals surface area contributed by atoms with E-state index in [4.69, 9.17) is 5.11 Å². The van der Waals surface area contributed by atoms with Gasteiger partial charge in [0.15, 0.2) is 5.65 Å².